The van der Waals surface area contributed by atoms with Crippen LogP contribution in [0.3, 0.4) is 0 Å². The maximum Gasteiger partial charge on any atom is 0.407 e. The number of carbonyl (C=O) groups excluding carboxylic acids is 2. The van der Waals surface area contributed by atoms with E-state index in [0.717, 1.165) is 0 Å². The highest BCUT2D eigenvalue weighted by molar-refractivity contribution is 5.85. The van der Waals surface area contributed by atoms with Crippen LogP contribution < -0.4 is 21.8 Å². The van der Waals surface area contributed by atoms with Gasteiger partial charge >= 0.3 is 12.1 Å². The molecule has 17 heavy (non-hydrogen) atoms. The Labute approximate surface area is 101 Å². The van der Waals surface area contributed by atoms with E-state index >= 15 is 0 Å². The molecular formula is C10H21N4O3+. The zero-order valence-electron chi connectivity index (χ0n) is 10.3. The lowest BCUT2D eigenvalue weighted by atomic mass is 10.1. The monoisotopic (exact) mass is 245 g/mol. The lowest BCUT2D eigenvalue weighted by molar-refractivity contribution is -0.459. The lowest BCUT2D eigenvalue weighted by Gasteiger charge is -2.14. The predicted octanol–water partition coefficient (Wildman–Crippen LogP) is -2.18. The van der Waals surface area contributed by atoms with Gasteiger partial charge in [-0.3, -0.25) is 21.3 Å². The second-order valence-electron chi connectivity index (χ2n) is 3.55. The van der Waals surface area contributed by atoms with Crippen LogP contribution in [0.25, 0.3) is 0 Å². The summed E-state index contributed by atoms with van der Waals surface area (Å²) in [5.41, 5.74) is 10.4. The van der Waals surface area contributed by atoms with E-state index < -0.39 is 12.1 Å². The smallest absolute Gasteiger partial charge is 0.407 e. The standard InChI is InChI=1S/C10H20N4O3/c1-3-17-10(16)14-8(7(2)15)5-4-6-13-9(11)12/h8H,3-6H2,1-2H3,(H,14,16)(H4,11,12,13)/p+1. The maximum atomic E-state index is 11.3. The highest BCUT2D eigenvalue weighted by Crippen LogP contribution is 1.98. The number of nitrogens with one attached hydrogen (secondary N) is 2. The van der Waals surface area contributed by atoms with Crippen molar-refractivity contribution in [3.63, 3.8) is 0 Å². The van der Waals surface area contributed by atoms with Crippen LogP contribution in [0, 0.1) is 0 Å². The zero-order chi connectivity index (χ0) is 13.3. The van der Waals surface area contributed by atoms with Crippen LogP contribution >= 0.6 is 0 Å². The Balaban J connectivity index is 4.03. The molecule has 0 heterocycles. The van der Waals surface area contributed by atoms with Crippen molar-refractivity contribution in [2.75, 3.05) is 13.2 Å². The Hall–Kier alpha value is -1.79. The average molecular weight is 245 g/mol. The van der Waals surface area contributed by atoms with E-state index in [1.54, 1.807) is 6.92 Å². The molecular weight excluding hydrogens is 224 g/mol. The van der Waals surface area contributed by atoms with Crippen molar-refractivity contribution in [2.45, 2.75) is 32.7 Å². The Kier molecular flexibility index (Phi) is 7.49. The van der Waals surface area contributed by atoms with Crippen LogP contribution in [0.4, 0.5) is 4.79 Å². The SMILES string of the molecule is CCOC(=O)NC(CCC[NH+]=C(N)N)C(C)=O. The Morgan fingerprint density at radius 3 is 2.53 bits per heavy atom. The fraction of sp³-hybridized carbons (Fsp3) is 0.700. The minimum absolute atomic E-state index is 0.109. The van der Waals surface area contributed by atoms with E-state index in [-0.39, 0.29) is 18.3 Å². The number of ketones is 1. The minimum atomic E-state index is -0.578. The molecule has 0 bridgehead atoms. The summed E-state index contributed by atoms with van der Waals surface area (Å²) >= 11 is 0. The summed E-state index contributed by atoms with van der Waals surface area (Å²) in [5.74, 6) is 0.0329. The summed E-state index contributed by atoms with van der Waals surface area (Å²) in [6, 6.07) is -0.533. The quantitative estimate of drug-likeness (QED) is 0.231. The van der Waals surface area contributed by atoms with Gasteiger partial charge in [0.1, 0.15) is 0 Å². The van der Waals surface area contributed by atoms with Gasteiger partial charge in [-0.2, -0.15) is 0 Å². The predicted molar refractivity (Wildman–Crippen MR) is 63.1 cm³/mol. The molecule has 0 fully saturated rings. The molecule has 0 aromatic carbocycles. The highest BCUT2D eigenvalue weighted by Gasteiger charge is 2.16. The molecule has 0 aliphatic heterocycles. The van der Waals surface area contributed by atoms with Crippen molar-refractivity contribution < 1.29 is 19.3 Å². The molecule has 1 unspecified atom stereocenters. The average Bonchev–Trinajstić information content (AvgIpc) is 2.22. The van der Waals surface area contributed by atoms with Crippen LogP contribution in [0.5, 0.6) is 0 Å². The van der Waals surface area contributed by atoms with Crippen molar-refractivity contribution in [3.05, 3.63) is 0 Å². The van der Waals surface area contributed by atoms with E-state index in [2.05, 4.69) is 10.3 Å². The number of hydrogen-bond donors (Lipinski definition) is 4. The number of amides is 1. The van der Waals surface area contributed by atoms with Gasteiger partial charge in [-0.05, 0) is 26.7 Å². The van der Waals surface area contributed by atoms with Gasteiger partial charge in [-0.15, -0.1) is 0 Å². The van der Waals surface area contributed by atoms with Crippen molar-refractivity contribution in [1.29, 1.82) is 0 Å². The first-order chi connectivity index (χ1) is 7.97. The Morgan fingerprint density at radius 1 is 1.41 bits per heavy atom. The number of carbonyl (C=O) groups is 2. The Bertz CT molecular complexity index is 287. The molecule has 0 spiro atoms. The molecule has 0 aromatic rings. The van der Waals surface area contributed by atoms with Crippen LogP contribution in [-0.4, -0.2) is 37.0 Å². The van der Waals surface area contributed by atoms with E-state index in [1.807, 2.05) is 0 Å². The van der Waals surface area contributed by atoms with Gasteiger partial charge in [0.25, 0.3) is 0 Å². The first-order valence-corrected chi connectivity index (χ1v) is 5.52. The molecule has 1 atom stereocenters. The van der Waals surface area contributed by atoms with E-state index in [1.165, 1.54) is 6.92 Å². The highest BCUT2D eigenvalue weighted by atomic mass is 16.5. The van der Waals surface area contributed by atoms with E-state index in [0.29, 0.717) is 19.4 Å². The third kappa shape index (κ3) is 8.06. The van der Waals surface area contributed by atoms with Gasteiger partial charge in [0.05, 0.1) is 19.2 Å². The molecule has 0 rings (SSSR count). The molecule has 98 valence electrons. The summed E-state index contributed by atoms with van der Waals surface area (Å²) < 4.78 is 4.71. The molecule has 0 radical (unpaired) electrons. The largest absolute Gasteiger partial charge is 0.450 e. The number of guanidine groups is 1. The van der Waals surface area contributed by atoms with Crippen LogP contribution in [0.1, 0.15) is 26.7 Å². The number of Topliss-reactive ketones (excluding diaryl/α,β-unsaturated/α-hetero) is 1. The molecule has 0 saturated carbocycles. The van der Waals surface area contributed by atoms with Gasteiger partial charge in [-0.25, -0.2) is 4.79 Å². The third-order valence-corrected chi connectivity index (χ3v) is 2.06. The summed E-state index contributed by atoms with van der Waals surface area (Å²) in [6.45, 7) is 3.95. The van der Waals surface area contributed by atoms with Crippen LogP contribution in [-0.2, 0) is 9.53 Å². The molecule has 6 N–H and O–H groups in total. The number of nitrogens with two attached hydrogens (primary N) is 2. The van der Waals surface area contributed by atoms with E-state index in [9.17, 15) is 9.59 Å². The molecule has 0 saturated heterocycles. The van der Waals surface area contributed by atoms with Crippen LogP contribution in [0.2, 0.25) is 0 Å². The number of hydrogen-bond acceptors (Lipinski definition) is 3. The molecule has 0 aliphatic carbocycles. The van der Waals surface area contributed by atoms with Crippen molar-refractivity contribution in [2.24, 2.45) is 11.5 Å². The van der Waals surface area contributed by atoms with Crippen molar-refractivity contribution in [1.82, 2.24) is 5.32 Å². The normalized spacial score (nSPS) is 11.4. The summed E-state index contributed by atoms with van der Waals surface area (Å²) in [6.07, 6.45) is 0.591. The van der Waals surface area contributed by atoms with Gasteiger partial charge in [0.15, 0.2) is 5.78 Å². The molecule has 7 nitrogen and oxygen atoms in total. The minimum Gasteiger partial charge on any atom is -0.450 e. The van der Waals surface area contributed by atoms with Gasteiger partial charge < -0.3 is 10.1 Å². The zero-order valence-corrected chi connectivity index (χ0v) is 10.3. The van der Waals surface area contributed by atoms with Gasteiger partial charge in [-0.1, -0.05) is 0 Å². The molecule has 1 amide bonds. The maximum absolute atomic E-state index is 11.3. The second-order valence-corrected chi connectivity index (χ2v) is 3.55. The first-order valence-electron chi connectivity index (χ1n) is 5.52. The second kappa shape index (κ2) is 8.37. The van der Waals surface area contributed by atoms with Gasteiger partial charge in [0.2, 0.25) is 0 Å². The topological polar surface area (TPSA) is 121 Å². The summed E-state index contributed by atoms with van der Waals surface area (Å²) in [7, 11) is 0. The fourth-order valence-corrected chi connectivity index (χ4v) is 1.23. The molecule has 7 heteroatoms. The Morgan fingerprint density at radius 2 is 2.06 bits per heavy atom. The number of alkyl carbamates (subject to hydrolysis) is 1. The van der Waals surface area contributed by atoms with E-state index in [4.69, 9.17) is 16.2 Å². The van der Waals surface area contributed by atoms with Crippen LogP contribution in [0.15, 0.2) is 0 Å². The number of rotatable bonds is 7. The molecule has 0 aromatic heterocycles. The third-order valence-electron chi connectivity index (χ3n) is 2.06. The summed E-state index contributed by atoms with van der Waals surface area (Å²) in [5, 5.41) is 2.50. The first kappa shape index (κ1) is 15.2. The fourth-order valence-electron chi connectivity index (χ4n) is 1.23. The van der Waals surface area contributed by atoms with Gasteiger partial charge in [0, 0.05) is 0 Å². The summed E-state index contributed by atoms with van der Waals surface area (Å²) in [4.78, 5) is 25.2. The molecule has 0 aliphatic rings. The number of ether oxygens (including phenoxy) is 1. The van der Waals surface area contributed by atoms with Crippen molar-refractivity contribution >= 4 is 17.8 Å². The lowest BCUT2D eigenvalue weighted by Crippen LogP contribution is -2.78. The van der Waals surface area contributed by atoms with Crippen molar-refractivity contribution in [3.8, 4) is 0 Å².